The molecule has 2 N–H and O–H groups in total. The second-order valence-electron chi connectivity index (χ2n) is 9.87. The maximum absolute atomic E-state index is 13.7. The minimum atomic E-state index is -1.32. The second-order valence-corrected chi connectivity index (χ2v) is 9.87. The molecule has 4 atom stereocenters. The molecule has 4 rings (SSSR count). The smallest absolute Gasteiger partial charge is 0.414 e. The van der Waals surface area contributed by atoms with Gasteiger partial charge in [-0.05, 0) is 38.5 Å². The number of methoxy groups -OCH3 is 1. The molecule has 1 aromatic carbocycles. The summed E-state index contributed by atoms with van der Waals surface area (Å²) in [5, 5.41) is 15.9. The fourth-order valence-electron chi connectivity index (χ4n) is 4.91. The zero-order valence-electron chi connectivity index (χ0n) is 20.9. The first-order chi connectivity index (χ1) is 17.0. The molecule has 3 heterocycles. The zero-order chi connectivity index (χ0) is 26.3. The third kappa shape index (κ3) is 4.48. The minimum Gasteiger partial charge on any atom is -0.497 e. The number of ether oxygens (including phenoxy) is 3. The Morgan fingerprint density at radius 3 is 2.58 bits per heavy atom. The summed E-state index contributed by atoms with van der Waals surface area (Å²) in [6.45, 7) is 6.90. The fraction of sp³-hybridized carbons (Fsp3) is 0.542. The van der Waals surface area contributed by atoms with Gasteiger partial charge in [-0.2, -0.15) is 5.26 Å². The quantitative estimate of drug-likeness (QED) is 0.597. The van der Waals surface area contributed by atoms with Crippen molar-refractivity contribution in [3.63, 3.8) is 0 Å². The van der Waals surface area contributed by atoms with E-state index in [1.165, 1.54) is 16.7 Å². The zero-order valence-corrected chi connectivity index (χ0v) is 20.9. The van der Waals surface area contributed by atoms with Crippen LogP contribution in [0.25, 0.3) is 0 Å². The number of carbonyl (C=O) groups excluding carboxylic acids is 3. The number of benzene rings is 1. The van der Waals surface area contributed by atoms with Crippen molar-refractivity contribution in [2.24, 2.45) is 4.99 Å². The van der Waals surface area contributed by atoms with Gasteiger partial charge in [0.25, 0.3) is 0 Å². The number of amides is 3. The van der Waals surface area contributed by atoms with Gasteiger partial charge in [-0.3, -0.25) is 15.0 Å². The highest BCUT2D eigenvalue weighted by Crippen LogP contribution is 2.43. The van der Waals surface area contributed by atoms with Crippen molar-refractivity contribution in [2.75, 3.05) is 13.7 Å². The van der Waals surface area contributed by atoms with Gasteiger partial charge in [0.05, 0.1) is 13.2 Å². The Hall–Kier alpha value is -4.01. The largest absolute Gasteiger partial charge is 0.497 e. The molecule has 3 aliphatic heterocycles. The molecule has 0 saturated carbocycles. The summed E-state index contributed by atoms with van der Waals surface area (Å²) >= 11 is 0. The van der Waals surface area contributed by atoms with Gasteiger partial charge < -0.3 is 24.4 Å². The molecule has 36 heavy (non-hydrogen) atoms. The molecule has 2 fully saturated rings. The first-order valence-corrected chi connectivity index (χ1v) is 11.6. The SMILES string of the molecule is COc1ccc(CN2C(=O)N3CC[C@@H](OC(C)=O)[C@@]34NC(NC(=O)OC(C)(C)C)=N[C@H]4[C@@H]2C#N)cc1. The van der Waals surface area contributed by atoms with E-state index in [1.807, 2.05) is 12.1 Å². The van der Waals surface area contributed by atoms with Crippen molar-refractivity contribution >= 4 is 24.1 Å². The molecule has 12 nitrogen and oxygen atoms in total. The van der Waals surface area contributed by atoms with Gasteiger partial charge in [-0.15, -0.1) is 0 Å². The number of hydrogen-bond acceptors (Lipinski definition) is 9. The number of alkyl carbamates (subject to hydrolysis) is 1. The monoisotopic (exact) mass is 498 g/mol. The van der Waals surface area contributed by atoms with E-state index in [9.17, 15) is 19.6 Å². The van der Waals surface area contributed by atoms with E-state index >= 15 is 0 Å². The third-order valence-electron chi connectivity index (χ3n) is 6.27. The van der Waals surface area contributed by atoms with Crippen molar-refractivity contribution < 1.29 is 28.6 Å². The van der Waals surface area contributed by atoms with E-state index < -0.39 is 47.5 Å². The molecule has 12 heteroatoms. The lowest BCUT2D eigenvalue weighted by Crippen LogP contribution is -2.76. The average Bonchev–Trinajstić information content (AvgIpc) is 3.33. The summed E-state index contributed by atoms with van der Waals surface area (Å²) in [5.74, 6) is 0.190. The van der Waals surface area contributed by atoms with Crippen LogP contribution in [0, 0.1) is 11.3 Å². The summed E-state index contributed by atoms with van der Waals surface area (Å²) in [4.78, 5) is 45.6. The van der Waals surface area contributed by atoms with Crippen LogP contribution >= 0.6 is 0 Å². The van der Waals surface area contributed by atoms with Crippen LogP contribution in [-0.4, -0.2) is 77.0 Å². The number of guanidine groups is 1. The number of carbonyl (C=O) groups is 3. The van der Waals surface area contributed by atoms with Gasteiger partial charge >= 0.3 is 18.1 Å². The van der Waals surface area contributed by atoms with Crippen LogP contribution in [0.4, 0.5) is 9.59 Å². The highest BCUT2D eigenvalue weighted by atomic mass is 16.6. The van der Waals surface area contributed by atoms with Crippen LogP contribution in [0.5, 0.6) is 5.75 Å². The molecule has 192 valence electrons. The lowest BCUT2D eigenvalue weighted by molar-refractivity contribution is -0.153. The maximum Gasteiger partial charge on any atom is 0.414 e. The number of nitrogens with zero attached hydrogens (tertiary/aromatic N) is 4. The van der Waals surface area contributed by atoms with E-state index in [-0.39, 0.29) is 19.0 Å². The van der Waals surface area contributed by atoms with Crippen molar-refractivity contribution in [3.05, 3.63) is 29.8 Å². The van der Waals surface area contributed by atoms with Crippen LogP contribution in [0.2, 0.25) is 0 Å². The average molecular weight is 499 g/mol. The van der Waals surface area contributed by atoms with E-state index in [1.54, 1.807) is 40.0 Å². The van der Waals surface area contributed by atoms with Gasteiger partial charge in [0, 0.05) is 26.4 Å². The van der Waals surface area contributed by atoms with E-state index in [4.69, 9.17) is 14.2 Å². The molecule has 1 aromatic rings. The lowest BCUT2D eigenvalue weighted by atomic mass is 9.87. The fourth-order valence-corrected chi connectivity index (χ4v) is 4.91. The molecular formula is C24H30N6O6. The van der Waals surface area contributed by atoms with Crippen molar-refractivity contribution in [3.8, 4) is 11.8 Å². The number of nitrogens with one attached hydrogen (secondary N) is 2. The van der Waals surface area contributed by atoms with Crippen LogP contribution in [0.3, 0.4) is 0 Å². The van der Waals surface area contributed by atoms with Gasteiger partial charge in [-0.25, -0.2) is 14.6 Å². The first kappa shape index (κ1) is 25.1. The maximum atomic E-state index is 13.7. The number of aliphatic imine (C=N–C) groups is 1. The summed E-state index contributed by atoms with van der Waals surface area (Å²) in [6.07, 6.45) is -1.17. The van der Waals surface area contributed by atoms with Crippen LogP contribution in [0.1, 0.15) is 39.7 Å². The molecule has 0 aliphatic carbocycles. The highest BCUT2D eigenvalue weighted by Gasteiger charge is 2.68. The van der Waals surface area contributed by atoms with Crippen LogP contribution in [-0.2, 0) is 20.8 Å². The van der Waals surface area contributed by atoms with Gasteiger partial charge in [0.2, 0.25) is 5.96 Å². The predicted molar refractivity (Wildman–Crippen MR) is 127 cm³/mol. The van der Waals surface area contributed by atoms with Crippen LogP contribution < -0.4 is 15.4 Å². The Bertz CT molecular complexity index is 1120. The molecule has 0 aromatic heterocycles. The minimum absolute atomic E-state index is 0.0395. The predicted octanol–water partition coefficient (Wildman–Crippen LogP) is 1.71. The Morgan fingerprint density at radius 2 is 2.00 bits per heavy atom. The number of hydrogen-bond donors (Lipinski definition) is 2. The third-order valence-corrected chi connectivity index (χ3v) is 6.27. The van der Waals surface area contributed by atoms with Gasteiger partial charge in [-0.1, -0.05) is 12.1 Å². The number of esters is 1. The van der Waals surface area contributed by atoms with E-state index in [0.29, 0.717) is 12.2 Å². The van der Waals surface area contributed by atoms with E-state index in [0.717, 1.165) is 5.56 Å². The van der Waals surface area contributed by atoms with Crippen molar-refractivity contribution in [2.45, 2.75) is 70.1 Å². The topological polar surface area (TPSA) is 146 Å². The van der Waals surface area contributed by atoms with Crippen LogP contribution in [0.15, 0.2) is 29.3 Å². The first-order valence-electron chi connectivity index (χ1n) is 11.6. The Labute approximate surface area is 209 Å². The number of urea groups is 1. The van der Waals surface area contributed by atoms with Gasteiger partial charge in [0.15, 0.2) is 5.66 Å². The highest BCUT2D eigenvalue weighted by molar-refractivity contribution is 5.97. The summed E-state index contributed by atoms with van der Waals surface area (Å²) in [7, 11) is 1.56. The molecule has 0 radical (unpaired) electrons. The standard InChI is InChI=1S/C24H30N6O6/c1-14(31)35-18-10-11-30-22(33)29(13-15-6-8-16(34-5)9-7-15)17(12-25)19-24(18,30)28-20(26-19)27-21(32)36-23(2,3)4/h6-9,17-19H,10-11,13H2,1-5H3,(H2,26,27,28,32)/t17-,18+,19-,24+/m0/s1. The molecular weight excluding hydrogens is 468 g/mol. The van der Waals surface area contributed by atoms with Gasteiger partial charge in [0.1, 0.15) is 29.5 Å². The molecule has 2 saturated heterocycles. The Balaban J connectivity index is 1.69. The molecule has 0 bridgehead atoms. The normalized spacial score (nSPS) is 26.7. The number of rotatable bonds is 4. The summed E-state index contributed by atoms with van der Waals surface area (Å²) in [6, 6.07) is 7.16. The molecule has 1 spiro atoms. The number of nitriles is 1. The summed E-state index contributed by atoms with van der Waals surface area (Å²) in [5.41, 5.74) is -1.26. The molecule has 3 aliphatic rings. The Kier molecular flexibility index (Phi) is 6.43. The summed E-state index contributed by atoms with van der Waals surface area (Å²) < 4.78 is 16.1. The van der Waals surface area contributed by atoms with Crippen molar-refractivity contribution in [1.82, 2.24) is 20.4 Å². The lowest BCUT2D eigenvalue weighted by Gasteiger charge is -2.50. The van der Waals surface area contributed by atoms with E-state index in [2.05, 4.69) is 21.7 Å². The van der Waals surface area contributed by atoms with Crippen molar-refractivity contribution in [1.29, 1.82) is 5.26 Å². The molecule has 0 unspecified atom stereocenters. The Morgan fingerprint density at radius 1 is 1.31 bits per heavy atom. The second kappa shape index (κ2) is 9.22. The molecule has 3 amide bonds.